The molecule has 222 valence electrons. The van der Waals surface area contributed by atoms with Gasteiger partial charge in [0.25, 0.3) is 0 Å². The van der Waals surface area contributed by atoms with Crippen LogP contribution in [-0.2, 0) is 38.4 Å². The van der Waals surface area contributed by atoms with E-state index in [1.807, 2.05) is 24.3 Å². The van der Waals surface area contributed by atoms with Crippen molar-refractivity contribution in [1.82, 2.24) is 4.90 Å². The fourth-order valence-electron chi connectivity index (χ4n) is 8.12. The van der Waals surface area contributed by atoms with Gasteiger partial charge in [-0.05, 0) is 80.1 Å². The number of carbonyl (C=O) groups excluding carboxylic acids is 5. The average molecular weight is 577 g/mol. The number of amides is 1. The van der Waals surface area contributed by atoms with Crippen molar-refractivity contribution in [2.24, 2.45) is 28.4 Å². The number of aryl methyl sites for hydroxylation is 2. The number of carbonyl (C=O) groups is 5. The summed E-state index contributed by atoms with van der Waals surface area (Å²) in [5.74, 6) is -8.15. The van der Waals surface area contributed by atoms with Crippen molar-refractivity contribution in [1.29, 1.82) is 0 Å². The van der Waals surface area contributed by atoms with E-state index in [-0.39, 0.29) is 24.2 Å². The summed E-state index contributed by atoms with van der Waals surface area (Å²) >= 11 is 0. The number of likely N-dealkylation sites (N-methyl/N-ethyl adjacent to an activating group) is 1. The number of ether oxygens (including phenoxy) is 1. The molecule has 2 aromatic rings. The van der Waals surface area contributed by atoms with Gasteiger partial charge in [-0.25, -0.2) is 0 Å². The second-order valence-electron chi connectivity index (χ2n) is 12.7. The maximum atomic E-state index is 14.3. The Morgan fingerprint density at radius 3 is 2.38 bits per heavy atom. The van der Waals surface area contributed by atoms with E-state index in [0.717, 1.165) is 16.9 Å². The third kappa shape index (κ3) is 3.95. The lowest BCUT2D eigenvalue weighted by atomic mass is 9.42. The number of aromatic hydroxyl groups is 1. The fraction of sp³-hybridized carbons (Fsp3) is 0.469. The van der Waals surface area contributed by atoms with Gasteiger partial charge >= 0.3 is 0 Å². The van der Waals surface area contributed by atoms with Gasteiger partial charge in [0.05, 0.1) is 24.6 Å². The third-order valence-corrected chi connectivity index (χ3v) is 9.78. The van der Waals surface area contributed by atoms with Crippen molar-refractivity contribution in [3.05, 3.63) is 58.7 Å². The number of fused-ring (bicyclic) bond motifs is 3. The molecule has 3 aliphatic carbocycles. The summed E-state index contributed by atoms with van der Waals surface area (Å²) in [5, 5.41) is 22.9. The van der Waals surface area contributed by atoms with Gasteiger partial charge in [0, 0.05) is 5.41 Å². The van der Waals surface area contributed by atoms with Crippen LogP contribution >= 0.6 is 0 Å². The van der Waals surface area contributed by atoms with E-state index in [0.29, 0.717) is 18.4 Å². The molecule has 2 unspecified atom stereocenters. The van der Waals surface area contributed by atoms with Crippen molar-refractivity contribution in [3.63, 3.8) is 0 Å². The summed E-state index contributed by atoms with van der Waals surface area (Å²) in [5.41, 5.74) is 2.29. The fourth-order valence-corrected chi connectivity index (χ4v) is 8.12. The Balaban J connectivity index is 1.62. The lowest BCUT2D eigenvalue weighted by molar-refractivity contribution is -0.203. The number of methoxy groups -OCH3 is 1. The number of nitrogens with zero attached hydrogens (tertiary/aromatic N) is 1. The molecular formula is C32H36N2O8. The SMILES string of the molecule is COc1cccc(CCc2ccc(O)c3c2C[C@@]2(C)C[C@@]4(C)[C@H](N(C)C)C(=O)C(C(N)=O)C(=O)[C@@]4(O)C(=O)C2C3=O)c1. The minimum Gasteiger partial charge on any atom is -0.507 e. The summed E-state index contributed by atoms with van der Waals surface area (Å²) in [4.78, 5) is 69.4. The third-order valence-electron chi connectivity index (χ3n) is 9.78. The molecule has 0 radical (unpaired) electrons. The van der Waals surface area contributed by atoms with Crippen LogP contribution in [0.3, 0.4) is 0 Å². The minimum atomic E-state index is -2.81. The minimum absolute atomic E-state index is 0.00360. The number of hydrogen-bond donors (Lipinski definition) is 3. The van der Waals surface area contributed by atoms with Gasteiger partial charge in [0.2, 0.25) is 5.91 Å². The number of phenolic OH excluding ortho intramolecular Hbond substituents is 1. The maximum Gasteiger partial charge on any atom is 0.235 e. The lowest BCUT2D eigenvalue weighted by Gasteiger charge is -2.61. The topological polar surface area (TPSA) is 164 Å². The Morgan fingerprint density at radius 2 is 1.76 bits per heavy atom. The zero-order chi connectivity index (χ0) is 30.9. The van der Waals surface area contributed by atoms with Crippen molar-refractivity contribution < 1.29 is 38.9 Å². The number of phenols is 1. The Kier molecular flexibility index (Phi) is 6.94. The number of rotatable bonds is 6. The largest absolute Gasteiger partial charge is 0.507 e. The molecule has 0 bridgehead atoms. The predicted octanol–water partition coefficient (Wildman–Crippen LogP) is 1.44. The van der Waals surface area contributed by atoms with E-state index in [4.69, 9.17) is 10.5 Å². The zero-order valence-electron chi connectivity index (χ0n) is 24.4. The molecule has 2 aromatic carbocycles. The maximum absolute atomic E-state index is 14.3. The molecule has 0 aromatic heterocycles. The summed E-state index contributed by atoms with van der Waals surface area (Å²) < 4.78 is 5.32. The molecule has 2 saturated carbocycles. The van der Waals surface area contributed by atoms with Crippen molar-refractivity contribution in [2.45, 2.75) is 51.2 Å². The van der Waals surface area contributed by atoms with Crippen LogP contribution in [0.15, 0.2) is 36.4 Å². The highest BCUT2D eigenvalue weighted by molar-refractivity contribution is 6.33. The molecule has 4 N–H and O–H groups in total. The summed E-state index contributed by atoms with van der Waals surface area (Å²) in [7, 11) is 4.72. The van der Waals surface area contributed by atoms with Crippen molar-refractivity contribution in [3.8, 4) is 11.5 Å². The number of hydrogen-bond acceptors (Lipinski definition) is 9. The number of ketones is 4. The first-order valence-corrected chi connectivity index (χ1v) is 13.9. The van der Waals surface area contributed by atoms with Crippen LogP contribution < -0.4 is 10.5 Å². The number of aliphatic hydroxyl groups is 1. The normalized spacial score (nSPS) is 32.3. The van der Waals surface area contributed by atoms with Crippen LogP contribution in [0.4, 0.5) is 0 Å². The molecule has 0 spiro atoms. The Bertz CT molecular complexity index is 1550. The Hall–Kier alpha value is -3.89. The standard InChI is InChI=1S/C32H36N2O8/c1-30-14-19-17(10-9-16-7-6-8-18(13-16)42-5)11-12-20(35)21(19)24(36)23(30)28(39)32(41)27(38)22(29(33)40)25(37)26(34(3)4)31(32,2)15-30/h6-8,11-13,22-23,26,35,41H,9-10,14-15H2,1-5H3,(H2,33,40)/t22?,23?,26-,30+,31+,32-/m1/s1. The van der Waals surface area contributed by atoms with E-state index in [1.54, 1.807) is 34.2 Å². The molecule has 2 fully saturated rings. The molecule has 10 nitrogen and oxygen atoms in total. The summed E-state index contributed by atoms with van der Waals surface area (Å²) in [6.07, 6.45) is 1.31. The van der Waals surface area contributed by atoms with Crippen LogP contribution in [0.2, 0.25) is 0 Å². The van der Waals surface area contributed by atoms with Gasteiger partial charge in [-0.2, -0.15) is 0 Å². The first-order chi connectivity index (χ1) is 19.6. The number of nitrogens with two attached hydrogens (primary N) is 1. The van der Waals surface area contributed by atoms with Crippen LogP contribution in [0.1, 0.15) is 47.3 Å². The molecule has 1 amide bonds. The van der Waals surface area contributed by atoms with E-state index in [9.17, 15) is 34.2 Å². The van der Waals surface area contributed by atoms with E-state index in [1.165, 1.54) is 17.9 Å². The molecule has 3 aliphatic rings. The number of primary amides is 1. The van der Waals surface area contributed by atoms with Crippen LogP contribution in [0.5, 0.6) is 11.5 Å². The monoisotopic (exact) mass is 576 g/mol. The Labute approximate surface area is 243 Å². The number of Topliss-reactive ketones (excluding diaryl/α,β-unsaturated/α-hetero) is 4. The van der Waals surface area contributed by atoms with Gasteiger partial charge in [-0.1, -0.05) is 32.0 Å². The first kappa shape index (κ1) is 29.6. The van der Waals surface area contributed by atoms with E-state index in [2.05, 4.69) is 0 Å². The van der Waals surface area contributed by atoms with Crippen molar-refractivity contribution >= 4 is 29.0 Å². The molecule has 0 heterocycles. The average Bonchev–Trinajstić information content (AvgIpc) is 2.90. The first-order valence-electron chi connectivity index (χ1n) is 13.9. The van der Waals surface area contributed by atoms with Gasteiger partial charge in [0.15, 0.2) is 34.7 Å². The quantitative estimate of drug-likeness (QED) is 0.432. The molecular weight excluding hydrogens is 540 g/mol. The Morgan fingerprint density at radius 1 is 1.07 bits per heavy atom. The molecule has 6 atom stereocenters. The van der Waals surface area contributed by atoms with E-state index >= 15 is 0 Å². The summed E-state index contributed by atoms with van der Waals surface area (Å²) in [6.45, 7) is 3.25. The highest BCUT2D eigenvalue weighted by Gasteiger charge is 2.76. The van der Waals surface area contributed by atoms with Crippen molar-refractivity contribution in [2.75, 3.05) is 21.2 Å². The molecule has 0 saturated heterocycles. The number of benzene rings is 2. The lowest BCUT2D eigenvalue weighted by Crippen LogP contribution is -2.79. The molecule has 0 aliphatic heterocycles. The molecule has 42 heavy (non-hydrogen) atoms. The predicted molar refractivity (Wildman–Crippen MR) is 151 cm³/mol. The van der Waals surface area contributed by atoms with Gasteiger partial charge in [-0.15, -0.1) is 0 Å². The highest BCUT2D eigenvalue weighted by atomic mass is 16.5. The van der Waals surface area contributed by atoms with Gasteiger partial charge in [-0.3, -0.25) is 28.9 Å². The second-order valence-corrected chi connectivity index (χ2v) is 12.7. The van der Waals surface area contributed by atoms with Crippen LogP contribution in [-0.4, -0.2) is 77.0 Å². The van der Waals surface area contributed by atoms with E-state index < -0.39 is 63.3 Å². The zero-order valence-corrected chi connectivity index (χ0v) is 24.4. The smallest absolute Gasteiger partial charge is 0.235 e. The molecule has 5 rings (SSSR count). The van der Waals surface area contributed by atoms with Crippen LogP contribution in [0, 0.1) is 22.7 Å². The molecule has 10 heteroatoms. The summed E-state index contributed by atoms with van der Waals surface area (Å²) in [6, 6.07) is 9.62. The van der Waals surface area contributed by atoms with Gasteiger partial charge in [0.1, 0.15) is 11.5 Å². The van der Waals surface area contributed by atoms with Gasteiger partial charge < -0.3 is 20.7 Å². The second kappa shape index (κ2) is 9.84. The van der Waals surface area contributed by atoms with Crippen LogP contribution in [0.25, 0.3) is 0 Å². The highest BCUT2D eigenvalue weighted by Crippen LogP contribution is 2.61.